The van der Waals surface area contributed by atoms with Crippen LogP contribution < -0.4 is 0 Å². The molecular weight excluding hydrogens is 322 g/mol. The van der Waals surface area contributed by atoms with Crippen LogP contribution in [0, 0.1) is 6.92 Å². The van der Waals surface area contributed by atoms with Gasteiger partial charge < -0.3 is 8.83 Å². The highest BCUT2D eigenvalue weighted by Gasteiger charge is 2.08. The molecular formula is C15H14ClN3O2S. The van der Waals surface area contributed by atoms with Crippen molar-refractivity contribution in [3.63, 3.8) is 0 Å². The summed E-state index contributed by atoms with van der Waals surface area (Å²) in [6, 6.07) is 7.49. The summed E-state index contributed by atoms with van der Waals surface area (Å²) >= 11 is 7.44. The van der Waals surface area contributed by atoms with Gasteiger partial charge in [0.15, 0.2) is 5.76 Å². The molecule has 0 fully saturated rings. The van der Waals surface area contributed by atoms with Crippen LogP contribution >= 0.6 is 23.4 Å². The van der Waals surface area contributed by atoms with E-state index in [1.165, 1.54) is 0 Å². The van der Waals surface area contributed by atoms with Crippen LogP contribution in [-0.4, -0.2) is 20.9 Å². The lowest BCUT2D eigenvalue weighted by Crippen LogP contribution is -1.88. The lowest BCUT2D eigenvalue weighted by molar-refractivity contribution is 0.461. The minimum absolute atomic E-state index is 0.600. The molecule has 0 aliphatic rings. The molecule has 0 saturated carbocycles. The molecule has 2 aromatic heterocycles. The van der Waals surface area contributed by atoms with Gasteiger partial charge in [-0.2, -0.15) is 0 Å². The monoisotopic (exact) mass is 335 g/mol. The minimum atomic E-state index is 0.600. The van der Waals surface area contributed by atoms with Crippen LogP contribution in [0.4, 0.5) is 0 Å². The second-order valence-electron chi connectivity index (χ2n) is 4.66. The standard InChI is InChI=1S/C15H14ClN3O2S/c1-10-18-19-14(20-10)3-2-8-22-15-17-9-13(21-15)11-4-6-12(16)7-5-11/h4-7,9H,2-3,8H2,1H3. The molecule has 3 rings (SSSR count). The number of oxazole rings is 1. The summed E-state index contributed by atoms with van der Waals surface area (Å²) < 4.78 is 11.0. The molecule has 0 aliphatic heterocycles. The third-order valence-electron chi connectivity index (χ3n) is 2.94. The van der Waals surface area contributed by atoms with Crippen LogP contribution in [-0.2, 0) is 6.42 Å². The Bertz CT molecular complexity index is 739. The van der Waals surface area contributed by atoms with Crippen molar-refractivity contribution in [2.45, 2.75) is 25.0 Å². The highest BCUT2D eigenvalue weighted by Crippen LogP contribution is 2.26. The van der Waals surface area contributed by atoms with Gasteiger partial charge in [0.1, 0.15) is 0 Å². The molecule has 5 nitrogen and oxygen atoms in total. The summed E-state index contributed by atoms with van der Waals surface area (Å²) in [5.41, 5.74) is 0.963. The van der Waals surface area contributed by atoms with E-state index in [9.17, 15) is 0 Å². The van der Waals surface area contributed by atoms with Gasteiger partial charge in [-0.25, -0.2) is 4.98 Å². The minimum Gasteiger partial charge on any atom is -0.431 e. The summed E-state index contributed by atoms with van der Waals surface area (Å²) in [6.45, 7) is 1.79. The van der Waals surface area contributed by atoms with Crippen molar-refractivity contribution in [2.75, 3.05) is 5.75 Å². The Morgan fingerprint density at radius 2 is 1.95 bits per heavy atom. The third-order valence-corrected chi connectivity index (χ3v) is 4.12. The maximum Gasteiger partial charge on any atom is 0.256 e. The molecule has 0 aliphatic carbocycles. The fourth-order valence-corrected chi connectivity index (χ4v) is 2.76. The van der Waals surface area contributed by atoms with E-state index < -0.39 is 0 Å². The smallest absolute Gasteiger partial charge is 0.256 e. The zero-order valence-electron chi connectivity index (χ0n) is 12.0. The van der Waals surface area contributed by atoms with E-state index in [0.717, 1.165) is 29.9 Å². The number of aromatic nitrogens is 3. The van der Waals surface area contributed by atoms with E-state index in [1.54, 1.807) is 24.9 Å². The van der Waals surface area contributed by atoms with Gasteiger partial charge in [-0.05, 0) is 30.7 Å². The van der Waals surface area contributed by atoms with Gasteiger partial charge in [-0.1, -0.05) is 23.4 Å². The van der Waals surface area contributed by atoms with Crippen molar-refractivity contribution < 1.29 is 8.83 Å². The summed E-state index contributed by atoms with van der Waals surface area (Å²) in [6.07, 6.45) is 3.41. The van der Waals surface area contributed by atoms with Crippen molar-refractivity contribution in [3.05, 3.63) is 47.3 Å². The lowest BCUT2D eigenvalue weighted by atomic mass is 10.2. The van der Waals surface area contributed by atoms with Gasteiger partial charge in [-0.15, -0.1) is 10.2 Å². The number of benzene rings is 1. The van der Waals surface area contributed by atoms with Crippen LogP contribution in [0.5, 0.6) is 0 Å². The zero-order valence-corrected chi connectivity index (χ0v) is 13.5. The first-order valence-electron chi connectivity index (χ1n) is 6.84. The second-order valence-corrected chi connectivity index (χ2v) is 6.15. The molecule has 22 heavy (non-hydrogen) atoms. The quantitative estimate of drug-likeness (QED) is 0.491. The molecule has 0 spiro atoms. The van der Waals surface area contributed by atoms with E-state index >= 15 is 0 Å². The predicted molar refractivity (Wildman–Crippen MR) is 85.0 cm³/mol. The molecule has 0 saturated heterocycles. The topological polar surface area (TPSA) is 65.0 Å². The maximum atomic E-state index is 5.87. The Hall–Kier alpha value is -1.79. The summed E-state index contributed by atoms with van der Waals surface area (Å²) in [5, 5.41) is 9.13. The number of rotatable bonds is 6. The van der Waals surface area contributed by atoms with Crippen LogP contribution in [0.3, 0.4) is 0 Å². The fraction of sp³-hybridized carbons (Fsp3) is 0.267. The molecule has 2 heterocycles. The molecule has 0 radical (unpaired) electrons. The first kappa shape index (κ1) is 15.1. The van der Waals surface area contributed by atoms with E-state index in [4.69, 9.17) is 20.4 Å². The molecule has 7 heteroatoms. The number of halogens is 1. The van der Waals surface area contributed by atoms with E-state index in [0.29, 0.717) is 22.0 Å². The van der Waals surface area contributed by atoms with Gasteiger partial charge in [0, 0.05) is 29.7 Å². The van der Waals surface area contributed by atoms with Gasteiger partial charge in [0.05, 0.1) is 6.20 Å². The van der Waals surface area contributed by atoms with E-state index in [1.807, 2.05) is 24.3 Å². The summed E-state index contributed by atoms with van der Waals surface area (Å²) in [4.78, 5) is 4.28. The average molecular weight is 336 g/mol. The molecule has 0 amide bonds. The summed E-state index contributed by atoms with van der Waals surface area (Å²) in [5.74, 6) is 2.89. The Morgan fingerprint density at radius 1 is 1.14 bits per heavy atom. The highest BCUT2D eigenvalue weighted by atomic mass is 35.5. The third kappa shape index (κ3) is 3.90. The van der Waals surface area contributed by atoms with Crippen LogP contribution in [0.25, 0.3) is 11.3 Å². The Kier molecular flexibility index (Phi) is 4.80. The normalized spacial score (nSPS) is 11.0. The highest BCUT2D eigenvalue weighted by molar-refractivity contribution is 7.99. The molecule has 114 valence electrons. The van der Waals surface area contributed by atoms with Crippen molar-refractivity contribution in [1.29, 1.82) is 0 Å². The Balaban J connectivity index is 1.50. The van der Waals surface area contributed by atoms with Crippen molar-refractivity contribution >= 4 is 23.4 Å². The Labute approximate surface area is 137 Å². The Morgan fingerprint density at radius 3 is 2.68 bits per heavy atom. The van der Waals surface area contributed by atoms with Gasteiger partial charge >= 0.3 is 0 Å². The second kappa shape index (κ2) is 6.98. The average Bonchev–Trinajstić information content (AvgIpc) is 3.14. The summed E-state index contributed by atoms with van der Waals surface area (Å²) in [7, 11) is 0. The number of nitrogens with zero attached hydrogens (tertiary/aromatic N) is 3. The van der Waals surface area contributed by atoms with Crippen molar-refractivity contribution in [3.8, 4) is 11.3 Å². The first-order chi connectivity index (χ1) is 10.7. The molecule has 3 aromatic rings. The van der Waals surface area contributed by atoms with Crippen LogP contribution in [0.15, 0.2) is 44.5 Å². The molecule has 0 atom stereocenters. The SMILES string of the molecule is Cc1nnc(CCCSc2ncc(-c3ccc(Cl)cc3)o2)o1. The van der Waals surface area contributed by atoms with Gasteiger partial charge in [-0.3, -0.25) is 0 Å². The fourth-order valence-electron chi connectivity index (χ4n) is 1.89. The molecule has 0 bridgehead atoms. The van der Waals surface area contributed by atoms with Gasteiger partial charge in [0.2, 0.25) is 11.8 Å². The van der Waals surface area contributed by atoms with Crippen LogP contribution in [0.2, 0.25) is 5.02 Å². The van der Waals surface area contributed by atoms with Crippen molar-refractivity contribution in [2.24, 2.45) is 0 Å². The predicted octanol–water partition coefficient (Wildman–Crippen LogP) is 4.41. The van der Waals surface area contributed by atoms with Gasteiger partial charge in [0.25, 0.3) is 5.22 Å². The molecule has 0 N–H and O–H groups in total. The number of hydrogen-bond acceptors (Lipinski definition) is 6. The zero-order chi connectivity index (χ0) is 15.4. The molecule has 1 aromatic carbocycles. The largest absolute Gasteiger partial charge is 0.431 e. The van der Waals surface area contributed by atoms with E-state index in [-0.39, 0.29) is 0 Å². The number of aryl methyl sites for hydroxylation is 2. The first-order valence-corrected chi connectivity index (χ1v) is 8.20. The maximum absolute atomic E-state index is 5.87. The van der Waals surface area contributed by atoms with E-state index in [2.05, 4.69) is 15.2 Å². The number of thioether (sulfide) groups is 1. The number of hydrogen-bond donors (Lipinski definition) is 0. The molecule has 0 unspecified atom stereocenters. The lowest BCUT2D eigenvalue weighted by Gasteiger charge is -1.97. The van der Waals surface area contributed by atoms with Crippen LogP contribution in [0.1, 0.15) is 18.2 Å². The van der Waals surface area contributed by atoms with Crippen molar-refractivity contribution in [1.82, 2.24) is 15.2 Å².